The molecule has 0 aliphatic heterocycles. The molecule has 7 nitrogen and oxygen atoms in total. The lowest BCUT2D eigenvalue weighted by molar-refractivity contribution is -0.139. The second-order valence-electron chi connectivity index (χ2n) is 10.9. The molecule has 0 saturated carbocycles. The molecule has 5 rings (SSSR count). The van der Waals surface area contributed by atoms with E-state index < -0.39 is 36.2 Å². The Morgan fingerprint density at radius 1 is 0.953 bits per heavy atom. The van der Waals surface area contributed by atoms with Crippen molar-refractivity contribution in [2.24, 2.45) is 0 Å². The van der Waals surface area contributed by atoms with Crippen molar-refractivity contribution in [1.29, 1.82) is 0 Å². The van der Waals surface area contributed by atoms with Crippen molar-refractivity contribution >= 4 is 33.9 Å². The molecule has 0 amide bonds. The molecule has 9 heteroatoms. The van der Waals surface area contributed by atoms with Gasteiger partial charge in [-0.15, -0.1) is 0 Å². The Morgan fingerprint density at radius 2 is 1.67 bits per heavy atom. The van der Waals surface area contributed by atoms with Gasteiger partial charge in [-0.3, -0.25) is 9.59 Å². The van der Waals surface area contributed by atoms with E-state index in [1.54, 1.807) is 34.9 Å². The minimum atomic E-state index is -1.25. The van der Waals surface area contributed by atoms with E-state index in [1.165, 1.54) is 30.3 Å². The standard InChI is InChI=1S/C34H32F2N2O5/c1-20(2)38-29(15-14-25(39)17-26(40)18-30(41)42)31(22-10-12-23(35)13-11-22)32-27-8-3-4-9-28(27)37(34(43)33(32)38)19-21-6-5-7-24(36)16-21/h3-16,20,25-26,39-40H,17-19H2,1-2H3,(H,41,42)/t25-,26+/m0/s1. The third-order valence-corrected chi connectivity index (χ3v) is 7.43. The molecule has 3 N–H and O–H groups in total. The van der Waals surface area contributed by atoms with Crippen LogP contribution in [0.3, 0.4) is 0 Å². The Morgan fingerprint density at radius 3 is 2.35 bits per heavy atom. The molecule has 0 aliphatic rings. The average molecular weight is 587 g/mol. The zero-order chi connectivity index (χ0) is 30.8. The molecular formula is C34H32F2N2O5. The zero-order valence-electron chi connectivity index (χ0n) is 23.7. The number of hydrogen-bond donors (Lipinski definition) is 3. The molecule has 0 saturated heterocycles. The summed E-state index contributed by atoms with van der Waals surface area (Å²) in [6, 6.07) is 19.2. The molecule has 43 heavy (non-hydrogen) atoms. The number of aliphatic carboxylic acids is 1. The van der Waals surface area contributed by atoms with Gasteiger partial charge in [0.25, 0.3) is 5.56 Å². The lowest BCUT2D eigenvalue weighted by Crippen LogP contribution is -2.24. The molecular weight excluding hydrogens is 554 g/mol. The monoisotopic (exact) mass is 586 g/mol. The average Bonchev–Trinajstić information content (AvgIpc) is 3.30. The number of fused-ring (bicyclic) bond motifs is 3. The number of aromatic nitrogens is 2. The summed E-state index contributed by atoms with van der Waals surface area (Å²) in [4.78, 5) is 25.4. The number of halogens is 2. The van der Waals surface area contributed by atoms with Gasteiger partial charge in [0.05, 0.1) is 30.7 Å². The fourth-order valence-electron chi connectivity index (χ4n) is 5.67. The van der Waals surface area contributed by atoms with E-state index in [-0.39, 0.29) is 24.6 Å². The summed E-state index contributed by atoms with van der Waals surface area (Å²) in [6.45, 7) is 3.97. The quantitative estimate of drug-likeness (QED) is 0.183. The first kappa shape index (κ1) is 29.9. The molecule has 0 fully saturated rings. The summed E-state index contributed by atoms with van der Waals surface area (Å²) in [6.07, 6.45) is -0.00541. The number of hydrogen-bond acceptors (Lipinski definition) is 4. The summed E-state index contributed by atoms with van der Waals surface area (Å²) in [5, 5.41) is 31.1. The Balaban J connectivity index is 1.81. The van der Waals surface area contributed by atoms with Crippen LogP contribution in [0.2, 0.25) is 0 Å². The molecule has 5 aromatic rings. The number of aliphatic hydroxyl groups excluding tert-OH is 2. The first-order valence-electron chi connectivity index (χ1n) is 14.0. The molecule has 222 valence electrons. The molecule has 0 spiro atoms. The summed E-state index contributed by atoms with van der Waals surface area (Å²) in [7, 11) is 0. The highest BCUT2D eigenvalue weighted by Crippen LogP contribution is 2.40. The SMILES string of the molecule is CC(C)n1c(C=C[C@H](O)C[C@@H](O)CC(=O)O)c(-c2ccc(F)cc2)c2c3ccccc3n(Cc3cccc(F)c3)c(=O)c21. The van der Waals surface area contributed by atoms with E-state index in [0.29, 0.717) is 38.8 Å². The first-order chi connectivity index (χ1) is 20.5. The second-order valence-corrected chi connectivity index (χ2v) is 10.9. The molecule has 0 radical (unpaired) electrons. The van der Waals surface area contributed by atoms with Crippen LogP contribution in [0, 0.1) is 11.6 Å². The maximum Gasteiger partial charge on any atom is 0.305 e. The maximum absolute atomic E-state index is 14.4. The number of carboxylic acid groups (broad SMARTS) is 1. The fraction of sp³-hybridized carbons (Fsp3) is 0.235. The molecule has 0 aliphatic carbocycles. The largest absolute Gasteiger partial charge is 0.481 e. The minimum Gasteiger partial charge on any atom is -0.481 e. The van der Waals surface area contributed by atoms with Gasteiger partial charge in [0, 0.05) is 34.5 Å². The predicted octanol–water partition coefficient (Wildman–Crippen LogP) is 6.13. The van der Waals surface area contributed by atoms with E-state index in [0.717, 1.165) is 5.39 Å². The van der Waals surface area contributed by atoms with Gasteiger partial charge in [-0.05, 0) is 61.4 Å². The number of para-hydroxylation sites is 1. The van der Waals surface area contributed by atoms with Crippen molar-refractivity contribution in [2.75, 3.05) is 0 Å². The van der Waals surface area contributed by atoms with E-state index in [1.807, 2.05) is 42.7 Å². The fourth-order valence-corrected chi connectivity index (χ4v) is 5.67. The zero-order valence-corrected chi connectivity index (χ0v) is 23.7. The van der Waals surface area contributed by atoms with Crippen LogP contribution in [-0.4, -0.2) is 42.6 Å². The molecule has 0 bridgehead atoms. The van der Waals surface area contributed by atoms with Crippen LogP contribution in [0.15, 0.2) is 83.7 Å². The first-order valence-corrected chi connectivity index (χ1v) is 14.0. The van der Waals surface area contributed by atoms with E-state index >= 15 is 0 Å². The van der Waals surface area contributed by atoms with Gasteiger partial charge in [0.15, 0.2) is 0 Å². The number of aliphatic hydroxyl groups is 2. The Labute approximate surface area is 246 Å². The minimum absolute atomic E-state index is 0.132. The molecule has 2 aromatic heterocycles. The van der Waals surface area contributed by atoms with Gasteiger partial charge in [0.1, 0.15) is 17.2 Å². The number of rotatable bonds is 10. The van der Waals surface area contributed by atoms with E-state index in [9.17, 15) is 28.6 Å². The van der Waals surface area contributed by atoms with Gasteiger partial charge in [-0.25, -0.2) is 8.78 Å². The summed E-state index contributed by atoms with van der Waals surface area (Å²) >= 11 is 0. The topological polar surface area (TPSA) is 105 Å². The van der Waals surface area contributed by atoms with Crippen molar-refractivity contribution in [3.8, 4) is 11.1 Å². The highest BCUT2D eigenvalue weighted by atomic mass is 19.1. The number of nitrogens with zero attached hydrogens (tertiary/aromatic N) is 2. The lowest BCUT2D eigenvalue weighted by atomic mass is 9.98. The van der Waals surface area contributed by atoms with Crippen molar-refractivity contribution < 1.29 is 28.9 Å². The molecule has 3 aromatic carbocycles. The van der Waals surface area contributed by atoms with Crippen LogP contribution in [0.25, 0.3) is 39.0 Å². The molecule has 2 atom stereocenters. The van der Waals surface area contributed by atoms with Gasteiger partial charge < -0.3 is 24.5 Å². The Bertz CT molecular complexity index is 1890. The Kier molecular flexibility index (Phi) is 8.57. The van der Waals surface area contributed by atoms with Gasteiger partial charge >= 0.3 is 5.97 Å². The van der Waals surface area contributed by atoms with Gasteiger partial charge in [0.2, 0.25) is 0 Å². The number of carbonyl (C=O) groups is 1. The highest BCUT2D eigenvalue weighted by Gasteiger charge is 2.25. The van der Waals surface area contributed by atoms with Crippen molar-refractivity contribution in [2.45, 2.75) is 51.5 Å². The van der Waals surface area contributed by atoms with Crippen LogP contribution in [0.1, 0.15) is 44.0 Å². The van der Waals surface area contributed by atoms with Gasteiger partial charge in [-0.1, -0.05) is 48.5 Å². The van der Waals surface area contributed by atoms with Crippen LogP contribution in [-0.2, 0) is 11.3 Å². The van der Waals surface area contributed by atoms with Crippen LogP contribution < -0.4 is 5.56 Å². The summed E-state index contributed by atoms with van der Waals surface area (Å²) in [5.41, 5.74) is 3.24. The van der Waals surface area contributed by atoms with Crippen LogP contribution in [0.5, 0.6) is 0 Å². The summed E-state index contributed by atoms with van der Waals surface area (Å²) < 4.78 is 31.6. The number of benzene rings is 3. The maximum atomic E-state index is 14.4. The van der Waals surface area contributed by atoms with Crippen molar-refractivity contribution in [3.05, 3.63) is 112 Å². The van der Waals surface area contributed by atoms with E-state index in [4.69, 9.17) is 5.11 Å². The number of pyridine rings is 1. The summed E-state index contributed by atoms with van der Waals surface area (Å²) in [5.74, 6) is -2.00. The molecule has 0 unspecified atom stereocenters. The number of carboxylic acids is 1. The predicted molar refractivity (Wildman–Crippen MR) is 163 cm³/mol. The Hall–Kier alpha value is -4.60. The third kappa shape index (κ3) is 6.14. The van der Waals surface area contributed by atoms with Crippen LogP contribution >= 0.6 is 0 Å². The van der Waals surface area contributed by atoms with Crippen LogP contribution in [0.4, 0.5) is 8.78 Å². The van der Waals surface area contributed by atoms with Crippen molar-refractivity contribution in [1.82, 2.24) is 9.13 Å². The smallest absolute Gasteiger partial charge is 0.305 e. The third-order valence-electron chi connectivity index (χ3n) is 7.43. The normalized spacial score (nSPS) is 13.4. The second kappa shape index (κ2) is 12.3. The molecule has 2 heterocycles. The van der Waals surface area contributed by atoms with Gasteiger partial charge in [-0.2, -0.15) is 0 Å². The highest BCUT2D eigenvalue weighted by molar-refractivity contribution is 6.15. The lowest BCUT2D eigenvalue weighted by Gasteiger charge is -2.16. The van der Waals surface area contributed by atoms with Crippen molar-refractivity contribution in [3.63, 3.8) is 0 Å². The van der Waals surface area contributed by atoms with E-state index in [2.05, 4.69) is 0 Å².